The van der Waals surface area contributed by atoms with Gasteiger partial charge in [-0.1, -0.05) is 18.9 Å². The van der Waals surface area contributed by atoms with Crippen molar-refractivity contribution in [2.75, 3.05) is 26.8 Å². The Balaban J connectivity index is 2.41. The predicted molar refractivity (Wildman–Crippen MR) is 89.4 cm³/mol. The van der Waals surface area contributed by atoms with Gasteiger partial charge in [-0.3, -0.25) is 0 Å². The summed E-state index contributed by atoms with van der Waals surface area (Å²) in [6, 6.07) is 5.46. The summed E-state index contributed by atoms with van der Waals surface area (Å²) < 4.78 is 10.8. The molecule has 3 atom stereocenters. The Morgan fingerprint density at radius 3 is 2.79 bits per heavy atom. The van der Waals surface area contributed by atoms with E-state index in [0.717, 1.165) is 5.56 Å². The topological polar surface area (TPSA) is 79.2 Å². The summed E-state index contributed by atoms with van der Waals surface area (Å²) >= 11 is 0. The molecule has 1 aromatic carbocycles. The van der Waals surface area contributed by atoms with Crippen LogP contribution in [-0.2, 0) is 0 Å². The Hall–Kier alpha value is -2.39. The van der Waals surface area contributed by atoms with E-state index in [2.05, 4.69) is 5.92 Å². The number of ether oxygens (including phenoxy) is 2. The van der Waals surface area contributed by atoms with Gasteiger partial charge in [-0.2, -0.15) is 0 Å². The molecule has 1 saturated heterocycles. The monoisotopic (exact) mass is 333 g/mol. The van der Waals surface area contributed by atoms with Crippen LogP contribution in [0.25, 0.3) is 0 Å². The molecule has 130 valence electrons. The first-order chi connectivity index (χ1) is 11.3. The zero-order chi connectivity index (χ0) is 17.9. The number of amides is 1. The summed E-state index contributed by atoms with van der Waals surface area (Å²) in [6.07, 6.45) is 3.59. The zero-order valence-corrected chi connectivity index (χ0v) is 14.2. The van der Waals surface area contributed by atoms with E-state index in [1.165, 1.54) is 4.90 Å². The molecular formula is C18H23NO5. The van der Waals surface area contributed by atoms with Gasteiger partial charge in [0, 0.05) is 24.4 Å². The highest BCUT2D eigenvalue weighted by atomic mass is 16.5. The van der Waals surface area contributed by atoms with Crippen LogP contribution in [0.3, 0.4) is 0 Å². The smallest absolute Gasteiger partial charge is 0.407 e. The highest BCUT2D eigenvalue weighted by molar-refractivity contribution is 5.66. The molecular weight excluding hydrogens is 310 g/mol. The van der Waals surface area contributed by atoms with E-state index in [9.17, 15) is 15.0 Å². The lowest BCUT2D eigenvalue weighted by molar-refractivity contribution is 0.0481. The van der Waals surface area contributed by atoms with Gasteiger partial charge >= 0.3 is 6.09 Å². The molecule has 0 aromatic heterocycles. The molecule has 0 radical (unpaired) electrons. The van der Waals surface area contributed by atoms with Crippen LogP contribution in [0.5, 0.6) is 11.5 Å². The Morgan fingerprint density at radius 2 is 2.25 bits per heavy atom. The van der Waals surface area contributed by atoms with E-state index in [-0.39, 0.29) is 19.1 Å². The quantitative estimate of drug-likeness (QED) is 0.808. The molecule has 1 aromatic rings. The van der Waals surface area contributed by atoms with E-state index < -0.39 is 17.6 Å². The summed E-state index contributed by atoms with van der Waals surface area (Å²) in [5.41, 5.74) is 0.297. The summed E-state index contributed by atoms with van der Waals surface area (Å²) in [5, 5.41) is 19.6. The third-order valence-electron chi connectivity index (χ3n) is 4.86. The van der Waals surface area contributed by atoms with E-state index in [1.54, 1.807) is 20.1 Å². The van der Waals surface area contributed by atoms with Crippen molar-refractivity contribution in [3.8, 4) is 23.8 Å². The van der Waals surface area contributed by atoms with Crippen LogP contribution >= 0.6 is 0 Å². The third-order valence-corrected chi connectivity index (χ3v) is 4.86. The second kappa shape index (κ2) is 7.02. The van der Waals surface area contributed by atoms with E-state index in [0.29, 0.717) is 18.0 Å². The molecule has 24 heavy (non-hydrogen) atoms. The molecule has 1 fully saturated rings. The van der Waals surface area contributed by atoms with Crippen molar-refractivity contribution in [2.45, 2.75) is 25.9 Å². The first-order valence-corrected chi connectivity index (χ1v) is 7.73. The first kappa shape index (κ1) is 18.0. The van der Waals surface area contributed by atoms with E-state index in [4.69, 9.17) is 15.9 Å². The zero-order valence-electron chi connectivity index (χ0n) is 14.2. The predicted octanol–water partition coefficient (Wildman–Crippen LogP) is 2.17. The second-order valence-corrected chi connectivity index (χ2v) is 6.30. The van der Waals surface area contributed by atoms with E-state index >= 15 is 0 Å². The standard InChI is InChI=1S/C18H23NO5/c1-5-8-24-16-9-13(6-7-15(16)23-4)14-10-19(17(21)22)11-18(14,3)12(2)20/h1,6-7,9,12,14,20H,8,10-11H2,2-4H3,(H,21,22)/t12-,14+,18+/m1/s1. The molecule has 1 amide bonds. The van der Waals surface area contributed by atoms with Crippen molar-refractivity contribution < 1.29 is 24.5 Å². The summed E-state index contributed by atoms with van der Waals surface area (Å²) in [5.74, 6) is 3.31. The number of aliphatic hydroxyl groups is 1. The minimum atomic E-state index is -0.985. The molecule has 6 heteroatoms. The van der Waals surface area contributed by atoms with Gasteiger partial charge in [-0.05, 0) is 24.6 Å². The molecule has 1 aliphatic heterocycles. The number of carbonyl (C=O) groups is 1. The number of methoxy groups -OCH3 is 1. The second-order valence-electron chi connectivity index (χ2n) is 6.30. The van der Waals surface area contributed by atoms with Crippen LogP contribution in [0.2, 0.25) is 0 Å². The summed E-state index contributed by atoms with van der Waals surface area (Å²) in [7, 11) is 1.54. The minimum Gasteiger partial charge on any atom is -0.493 e. The highest BCUT2D eigenvalue weighted by Gasteiger charge is 2.48. The molecule has 0 bridgehead atoms. The molecule has 2 N–H and O–H groups in total. The molecule has 0 aliphatic carbocycles. The van der Waals surface area contributed by atoms with Gasteiger partial charge in [0.25, 0.3) is 0 Å². The lowest BCUT2D eigenvalue weighted by Gasteiger charge is -2.33. The number of nitrogens with zero attached hydrogens (tertiary/aromatic N) is 1. The Bertz CT molecular complexity index is 651. The van der Waals surface area contributed by atoms with Crippen LogP contribution in [-0.4, -0.2) is 54.1 Å². The Labute approximate surface area is 142 Å². The van der Waals surface area contributed by atoms with Gasteiger partial charge in [0.05, 0.1) is 13.2 Å². The number of benzene rings is 1. The lowest BCUT2D eigenvalue weighted by Crippen LogP contribution is -2.37. The van der Waals surface area contributed by atoms with Gasteiger partial charge < -0.3 is 24.6 Å². The van der Waals surface area contributed by atoms with Crippen molar-refractivity contribution in [1.82, 2.24) is 4.90 Å². The van der Waals surface area contributed by atoms with Crippen LogP contribution in [0.1, 0.15) is 25.3 Å². The molecule has 0 unspecified atom stereocenters. The van der Waals surface area contributed by atoms with Crippen LogP contribution in [0.15, 0.2) is 18.2 Å². The third kappa shape index (κ3) is 3.26. The SMILES string of the molecule is C#CCOc1cc([C@@H]2CN(C(=O)O)C[C@@]2(C)[C@@H](C)O)ccc1OC. The van der Waals surface area contributed by atoms with Crippen LogP contribution in [0.4, 0.5) is 4.79 Å². The Morgan fingerprint density at radius 1 is 1.54 bits per heavy atom. The fraction of sp³-hybridized carbons (Fsp3) is 0.500. The van der Waals surface area contributed by atoms with Gasteiger partial charge in [0.2, 0.25) is 0 Å². The normalized spacial score (nSPS) is 24.3. The fourth-order valence-corrected chi connectivity index (χ4v) is 3.21. The molecule has 0 spiro atoms. The molecule has 1 aliphatic rings. The number of likely N-dealkylation sites (tertiary alicyclic amines) is 1. The number of terminal acetylenes is 1. The first-order valence-electron chi connectivity index (χ1n) is 7.73. The lowest BCUT2D eigenvalue weighted by atomic mass is 9.72. The van der Waals surface area contributed by atoms with Gasteiger partial charge in [-0.15, -0.1) is 6.42 Å². The summed E-state index contributed by atoms with van der Waals surface area (Å²) in [4.78, 5) is 12.7. The maximum Gasteiger partial charge on any atom is 0.407 e. The Kier molecular flexibility index (Phi) is 5.25. The molecule has 0 saturated carbocycles. The number of hydrogen-bond donors (Lipinski definition) is 2. The molecule has 6 nitrogen and oxygen atoms in total. The number of hydrogen-bond acceptors (Lipinski definition) is 4. The minimum absolute atomic E-state index is 0.111. The fourth-order valence-electron chi connectivity index (χ4n) is 3.21. The average Bonchev–Trinajstić information content (AvgIpc) is 2.92. The summed E-state index contributed by atoms with van der Waals surface area (Å²) in [6.45, 7) is 4.30. The highest BCUT2D eigenvalue weighted by Crippen LogP contribution is 2.46. The number of rotatable bonds is 5. The van der Waals surface area contributed by atoms with Crippen molar-refractivity contribution in [2.24, 2.45) is 5.41 Å². The number of aliphatic hydroxyl groups excluding tert-OH is 1. The maximum absolute atomic E-state index is 11.4. The van der Waals surface area contributed by atoms with Crippen molar-refractivity contribution >= 4 is 6.09 Å². The van der Waals surface area contributed by atoms with Crippen LogP contribution in [0, 0.1) is 17.8 Å². The molecule has 2 rings (SSSR count). The largest absolute Gasteiger partial charge is 0.493 e. The average molecular weight is 333 g/mol. The van der Waals surface area contributed by atoms with Gasteiger partial charge in [-0.25, -0.2) is 4.79 Å². The van der Waals surface area contributed by atoms with Crippen molar-refractivity contribution in [1.29, 1.82) is 0 Å². The van der Waals surface area contributed by atoms with Gasteiger partial charge in [0.1, 0.15) is 6.61 Å². The van der Waals surface area contributed by atoms with E-state index in [1.807, 2.05) is 19.1 Å². The van der Waals surface area contributed by atoms with Crippen molar-refractivity contribution in [3.05, 3.63) is 23.8 Å². The van der Waals surface area contributed by atoms with Crippen molar-refractivity contribution in [3.63, 3.8) is 0 Å². The van der Waals surface area contributed by atoms with Gasteiger partial charge in [0.15, 0.2) is 11.5 Å². The van der Waals surface area contributed by atoms with Crippen LogP contribution < -0.4 is 9.47 Å². The number of carboxylic acid groups (broad SMARTS) is 1. The maximum atomic E-state index is 11.4. The molecule has 1 heterocycles.